The Kier molecular flexibility index (Phi) is 13.3. The molecular weight excluding hydrogens is 408 g/mol. The highest BCUT2D eigenvalue weighted by atomic mass is 16.4. The molecule has 31 heavy (non-hydrogen) atoms. The second kappa shape index (κ2) is 14.5. The third-order valence-corrected chi connectivity index (χ3v) is 4.83. The van der Waals surface area contributed by atoms with Gasteiger partial charge in [-0.25, -0.2) is 0 Å². The number of carbonyl (C=O) groups is 5. The van der Waals surface area contributed by atoms with Gasteiger partial charge in [-0.05, 0) is 24.7 Å². The third-order valence-electron chi connectivity index (χ3n) is 4.83. The Balaban J connectivity index is 5.40. The van der Waals surface area contributed by atoms with Gasteiger partial charge in [0, 0.05) is 6.42 Å². The molecule has 0 spiro atoms. The van der Waals surface area contributed by atoms with E-state index in [2.05, 4.69) is 16.0 Å². The van der Waals surface area contributed by atoms with Crippen molar-refractivity contribution in [1.29, 1.82) is 0 Å². The molecule has 0 heterocycles. The van der Waals surface area contributed by atoms with Gasteiger partial charge in [-0.15, -0.1) is 0 Å². The van der Waals surface area contributed by atoms with Gasteiger partial charge in [0.25, 0.3) is 0 Å². The molecule has 0 aromatic carbocycles. The number of nitrogens with one attached hydrogen (secondary N) is 3. The summed E-state index contributed by atoms with van der Waals surface area (Å²) in [5.41, 5.74) is 5.50. The van der Waals surface area contributed by atoms with Crippen LogP contribution >= 0.6 is 0 Å². The number of amides is 3. The smallest absolute Gasteiger partial charge is 0.303 e. The van der Waals surface area contributed by atoms with Gasteiger partial charge < -0.3 is 36.7 Å². The zero-order valence-electron chi connectivity index (χ0n) is 18.6. The first-order valence-electron chi connectivity index (χ1n) is 10.4. The van der Waals surface area contributed by atoms with E-state index in [9.17, 15) is 24.0 Å². The molecule has 0 bridgehead atoms. The predicted octanol–water partition coefficient (Wildman–Crippen LogP) is -1.08. The van der Waals surface area contributed by atoms with E-state index in [0.717, 1.165) is 0 Å². The van der Waals surface area contributed by atoms with Crippen LogP contribution in [0.5, 0.6) is 0 Å². The van der Waals surface area contributed by atoms with Gasteiger partial charge in [-0.2, -0.15) is 0 Å². The Morgan fingerprint density at radius 1 is 1.00 bits per heavy atom. The summed E-state index contributed by atoms with van der Waals surface area (Å²) in [6.07, 6.45) is 0.902. The van der Waals surface area contributed by atoms with Gasteiger partial charge in [-0.3, -0.25) is 19.2 Å². The minimum Gasteiger partial charge on any atom is -0.481 e. The van der Waals surface area contributed by atoms with E-state index in [-0.39, 0.29) is 31.1 Å². The van der Waals surface area contributed by atoms with Crippen molar-refractivity contribution < 1.29 is 34.2 Å². The molecule has 0 aromatic heterocycles. The molecule has 0 radical (unpaired) electrons. The molecule has 0 fully saturated rings. The van der Waals surface area contributed by atoms with Gasteiger partial charge in [-0.1, -0.05) is 34.1 Å². The Bertz CT molecular complexity index is 627. The van der Waals surface area contributed by atoms with Crippen molar-refractivity contribution in [3.8, 4) is 0 Å². The van der Waals surface area contributed by atoms with Gasteiger partial charge in [0.15, 0.2) is 0 Å². The number of carbonyl (C=O) groups excluding carboxylic acids is 4. The predicted molar refractivity (Wildman–Crippen MR) is 113 cm³/mol. The number of nitrogens with two attached hydrogens (primary N) is 1. The average molecular weight is 445 g/mol. The van der Waals surface area contributed by atoms with E-state index in [4.69, 9.17) is 15.9 Å². The van der Waals surface area contributed by atoms with E-state index in [0.29, 0.717) is 12.7 Å². The summed E-state index contributed by atoms with van der Waals surface area (Å²) < 4.78 is 0. The van der Waals surface area contributed by atoms with Crippen LogP contribution in [0.1, 0.15) is 53.4 Å². The van der Waals surface area contributed by atoms with Crippen molar-refractivity contribution in [3.63, 3.8) is 0 Å². The molecule has 11 heteroatoms. The second-order valence-electron chi connectivity index (χ2n) is 8.04. The SMILES string of the molecule is CC[C@H](C)[C@H](NC(=O)[C@H](CC(C)C)NC(=O)[C@@H](N)CO)C(=O)N[C@H](C=O)CCC(=O)O. The fraction of sp³-hybridized carbons (Fsp3) is 0.750. The van der Waals surface area contributed by atoms with E-state index < -0.39 is 54.5 Å². The number of aliphatic hydroxyl groups is 1. The molecule has 0 rings (SSSR count). The van der Waals surface area contributed by atoms with Crippen LogP contribution in [0.15, 0.2) is 0 Å². The topological polar surface area (TPSA) is 188 Å². The molecule has 0 aromatic rings. The number of carboxylic acid groups (broad SMARTS) is 1. The molecule has 0 aliphatic carbocycles. The summed E-state index contributed by atoms with van der Waals surface area (Å²) in [4.78, 5) is 59.6. The molecule has 178 valence electrons. The van der Waals surface area contributed by atoms with E-state index >= 15 is 0 Å². The highest BCUT2D eigenvalue weighted by Gasteiger charge is 2.31. The summed E-state index contributed by atoms with van der Waals surface area (Å²) in [5.74, 6) is -3.27. The summed E-state index contributed by atoms with van der Waals surface area (Å²) in [5, 5.41) is 25.4. The van der Waals surface area contributed by atoms with Crippen LogP contribution in [0.3, 0.4) is 0 Å². The average Bonchev–Trinajstić information content (AvgIpc) is 2.72. The molecule has 0 aliphatic rings. The molecule has 0 unspecified atom stereocenters. The Hall–Kier alpha value is -2.53. The maximum Gasteiger partial charge on any atom is 0.303 e. The number of carboxylic acids is 1. The number of aliphatic hydroxyl groups excluding tert-OH is 1. The molecule has 7 N–H and O–H groups in total. The van der Waals surface area contributed by atoms with Crippen molar-refractivity contribution in [2.24, 2.45) is 17.6 Å². The van der Waals surface area contributed by atoms with E-state index in [1.165, 1.54) is 0 Å². The molecule has 0 aliphatic heterocycles. The zero-order chi connectivity index (χ0) is 24.1. The fourth-order valence-corrected chi connectivity index (χ4v) is 2.75. The Morgan fingerprint density at radius 2 is 1.61 bits per heavy atom. The van der Waals surface area contributed by atoms with Crippen LogP contribution in [0.4, 0.5) is 0 Å². The highest BCUT2D eigenvalue weighted by molar-refractivity contribution is 5.93. The fourth-order valence-electron chi connectivity index (χ4n) is 2.75. The lowest BCUT2D eigenvalue weighted by atomic mass is 9.96. The first-order chi connectivity index (χ1) is 14.5. The number of hydrogen-bond donors (Lipinski definition) is 6. The number of aliphatic carboxylic acids is 1. The van der Waals surface area contributed by atoms with Crippen LogP contribution in [0, 0.1) is 11.8 Å². The van der Waals surface area contributed by atoms with Crippen LogP contribution in [-0.2, 0) is 24.0 Å². The van der Waals surface area contributed by atoms with Crippen molar-refractivity contribution in [2.75, 3.05) is 6.61 Å². The van der Waals surface area contributed by atoms with Crippen molar-refractivity contribution in [3.05, 3.63) is 0 Å². The molecular formula is C20H36N4O7. The first-order valence-corrected chi connectivity index (χ1v) is 10.4. The monoisotopic (exact) mass is 444 g/mol. The van der Waals surface area contributed by atoms with Crippen LogP contribution in [-0.4, -0.2) is 71.0 Å². The zero-order valence-corrected chi connectivity index (χ0v) is 18.6. The maximum absolute atomic E-state index is 12.9. The minimum atomic E-state index is -1.18. The number of rotatable bonds is 15. The van der Waals surface area contributed by atoms with Crippen LogP contribution < -0.4 is 21.7 Å². The summed E-state index contributed by atoms with van der Waals surface area (Å²) in [6, 6.07) is -4.15. The van der Waals surface area contributed by atoms with E-state index in [1.807, 2.05) is 20.8 Å². The van der Waals surface area contributed by atoms with Crippen molar-refractivity contribution in [1.82, 2.24) is 16.0 Å². The normalized spacial score (nSPS) is 15.8. The number of hydrogen-bond acceptors (Lipinski definition) is 7. The summed E-state index contributed by atoms with van der Waals surface area (Å²) in [7, 11) is 0. The van der Waals surface area contributed by atoms with Gasteiger partial charge >= 0.3 is 5.97 Å². The molecule has 3 amide bonds. The standard InChI is InChI=1S/C20H36N4O7/c1-5-12(4)17(20(31)22-13(9-25)6-7-16(27)28)24-19(30)15(8-11(2)3)23-18(29)14(21)10-26/h9,11-15,17,26H,5-8,10,21H2,1-4H3,(H,22,31)(H,23,29)(H,24,30)(H,27,28)/t12-,13-,14-,15-,17-/m0/s1. The Labute approximate surface area is 182 Å². The quantitative estimate of drug-likeness (QED) is 0.172. The first kappa shape index (κ1) is 28.5. The van der Waals surface area contributed by atoms with Gasteiger partial charge in [0.05, 0.1) is 12.6 Å². The molecule has 5 atom stereocenters. The lowest BCUT2D eigenvalue weighted by molar-refractivity contribution is -0.137. The maximum atomic E-state index is 12.9. The van der Waals surface area contributed by atoms with Crippen molar-refractivity contribution >= 4 is 30.0 Å². The van der Waals surface area contributed by atoms with Crippen molar-refractivity contribution in [2.45, 2.75) is 77.5 Å². The molecule has 0 saturated carbocycles. The van der Waals surface area contributed by atoms with E-state index in [1.54, 1.807) is 6.92 Å². The summed E-state index contributed by atoms with van der Waals surface area (Å²) in [6.45, 7) is 6.70. The Morgan fingerprint density at radius 3 is 2.06 bits per heavy atom. The lowest BCUT2D eigenvalue weighted by Crippen LogP contribution is -2.58. The lowest BCUT2D eigenvalue weighted by Gasteiger charge is -2.28. The third kappa shape index (κ3) is 10.9. The largest absolute Gasteiger partial charge is 0.481 e. The van der Waals surface area contributed by atoms with Gasteiger partial charge in [0.2, 0.25) is 17.7 Å². The molecule has 0 saturated heterocycles. The summed E-state index contributed by atoms with van der Waals surface area (Å²) >= 11 is 0. The minimum absolute atomic E-state index is 0.0349. The second-order valence-corrected chi connectivity index (χ2v) is 8.04. The highest BCUT2D eigenvalue weighted by Crippen LogP contribution is 2.11. The molecule has 11 nitrogen and oxygen atoms in total. The van der Waals surface area contributed by atoms with Crippen LogP contribution in [0.25, 0.3) is 0 Å². The van der Waals surface area contributed by atoms with Crippen LogP contribution in [0.2, 0.25) is 0 Å². The number of aldehydes is 1. The van der Waals surface area contributed by atoms with Gasteiger partial charge in [0.1, 0.15) is 24.4 Å².